The van der Waals surface area contributed by atoms with Gasteiger partial charge in [0.05, 0.1) is 75.6 Å². The smallest absolute Gasteiger partial charge is 0.657 e. The molecule has 0 atom stereocenters. The number of halogens is 4. The van der Waals surface area contributed by atoms with Gasteiger partial charge in [-0.25, -0.2) is 9.97 Å². The Bertz CT molecular complexity index is 4130. The average Bonchev–Trinajstić information content (AvgIpc) is 3.55. The molecule has 7 aliphatic rings. The normalized spacial score (nSPS) is 14.9. The van der Waals surface area contributed by atoms with Crippen LogP contribution in [0.1, 0.15) is 54.6 Å². The molecule has 0 amide bonds. The molecule has 0 spiro atoms. The fraction of sp³-hybridized carbons (Fsp3) is 0.171. The van der Waals surface area contributed by atoms with Crippen LogP contribution in [0.4, 0.5) is 0 Å². The molecule has 0 saturated carbocycles. The first-order valence-corrected chi connectivity index (χ1v) is 30.0. The van der Waals surface area contributed by atoms with E-state index < -0.39 is 0 Å². The monoisotopic (exact) mass is 1310 g/mol. The van der Waals surface area contributed by atoms with Crippen LogP contribution in [0, 0.1) is 0 Å². The summed E-state index contributed by atoms with van der Waals surface area (Å²) in [4.78, 5) is 48.9. The van der Waals surface area contributed by atoms with Crippen LogP contribution in [0.5, 0.6) is 23.0 Å². The second kappa shape index (κ2) is 27.9. The maximum Gasteiger partial charge on any atom is 2.00 e. The van der Waals surface area contributed by atoms with E-state index in [0.717, 1.165) is 11.1 Å². The maximum atomic E-state index is 13.7. The Morgan fingerprint density at radius 2 is 0.618 bits per heavy atom. The van der Waals surface area contributed by atoms with Crippen molar-refractivity contribution < 1.29 is 67.0 Å². The average molecular weight is 1320 g/mol. The SMILES string of the molecule is O=C1c2ccc3cc2C(=O)c2ccc(cc21)OCCOCCOCCOc1cccc(c1)-c1c2nc(c(-c4c(Cl)cccc4Cl)c4ccc([n-]4)c(c4nc(c(-c5c(Cl)cccc5Cl)c5ccc1[n-]5)C=C4)-c1cccc(c1)OCCOCCOCCO3)C=C2.[Zn+2]. The Kier molecular flexibility index (Phi) is 19.2. The molecule has 1 aliphatic carbocycles. The predicted molar refractivity (Wildman–Crippen MR) is 344 cm³/mol. The van der Waals surface area contributed by atoms with Gasteiger partial charge < -0.3 is 47.9 Å². The van der Waals surface area contributed by atoms with Crippen LogP contribution >= 0.6 is 46.4 Å². The Hall–Kier alpha value is -7.92. The van der Waals surface area contributed by atoms with Crippen molar-refractivity contribution in [1.82, 2.24) is 19.9 Å². The summed E-state index contributed by atoms with van der Waals surface area (Å²) in [6.07, 6.45) is 7.77. The van der Waals surface area contributed by atoms with Crippen LogP contribution in [-0.4, -0.2) is 101 Å². The van der Waals surface area contributed by atoms with Crippen molar-refractivity contribution >= 4 is 104 Å². The fourth-order valence-corrected chi connectivity index (χ4v) is 12.1. The largest absolute Gasteiger partial charge is 2.00 e. The van der Waals surface area contributed by atoms with E-state index in [1.165, 1.54) is 0 Å². The van der Waals surface area contributed by atoms with Gasteiger partial charge in [-0.3, -0.25) is 9.59 Å². The third-order valence-corrected chi connectivity index (χ3v) is 16.2. The number of carbonyl (C=O) groups excluding carboxylic acids is 2. The molecule has 89 heavy (non-hydrogen) atoms. The van der Waals surface area contributed by atoms with Crippen LogP contribution in [0.2, 0.25) is 20.1 Å². The standard InChI is InChI=1S/C70H52Cl4N4O10.Zn/c71-51-9-3-10-52(72)65(51)67-59-21-17-55(75-59)63-41-5-1-7-43(37-41)85-33-29-81-25-27-83-31-35-87-45-13-15-47-49(39-45)69(79)48-16-14-46(40-50(48)70(47)80)88-36-32-84-28-26-82-30-34-86-44-8-2-6-42(38-44)64(57-19-23-61(67)77-57)58-20-24-62(78-58)68(60-22-18-56(63)76-60)66-53(73)11-4-12-54(66)74;/h1-24,37-40H,25-36H2;/q-2;+2. The van der Waals surface area contributed by atoms with Crippen molar-refractivity contribution in [2.24, 2.45) is 0 Å². The minimum absolute atomic E-state index is 0. The van der Waals surface area contributed by atoms with Gasteiger partial charge in [-0.2, -0.15) is 0 Å². The van der Waals surface area contributed by atoms with Gasteiger partial charge in [0.25, 0.3) is 0 Å². The van der Waals surface area contributed by atoms with E-state index in [1.54, 1.807) is 72.8 Å². The third-order valence-electron chi connectivity index (χ3n) is 15.0. The second-order valence-corrected chi connectivity index (χ2v) is 22.2. The molecule has 6 aliphatic heterocycles. The molecule has 0 fully saturated rings. The minimum Gasteiger partial charge on any atom is -0.657 e. The van der Waals surface area contributed by atoms with E-state index in [2.05, 4.69) is 0 Å². The number of hydrogen-bond donors (Lipinski definition) is 0. The first kappa shape index (κ1) is 61.3. The number of aromatic nitrogens is 4. The zero-order valence-corrected chi connectivity index (χ0v) is 53.7. The van der Waals surface area contributed by atoms with Gasteiger partial charge in [-0.15, -0.1) is 22.1 Å². The zero-order chi connectivity index (χ0) is 60.1. The van der Waals surface area contributed by atoms with E-state index in [4.69, 9.17) is 104 Å². The molecular formula is C70H52Cl4N4O10Zn. The predicted octanol–water partition coefficient (Wildman–Crippen LogP) is 15.3. The van der Waals surface area contributed by atoms with Crippen molar-refractivity contribution in [3.8, 4) is 67.5 Å². The molecule has 0 radical (unpaired) electrons. The molecule has 9 heterocycles. The minimum atomic E-state index is -0.273. The van der Waals surface area contributed by atoms with Crippen LogP contribution in [0.15, 0.2) is 146 Å². The number of hydrogen-bond acceptors (Lipinski definition) is 12. The third kappa shape index (κ3) is 13.2. The zero-order valence-electron chi connectivity index (χ0n) is 47.7. The molecule has 0 N–H and O–H groups in total. The van der Waals surface area contributed by atoms with Gasteiger partial charge >= 0.3 is 19.5 Å². The molecule has 19 heteroatoms. The van der Waals surface area contributed by atoms with Crippen molar-refractivity contribution in [2.45, 2.75) is 0 Å². The summed E-state index contributed by atoms with van der Waals surface area (Å²) >= 11 is 28.5. The van der Waals surface area contributed by atoms with E-state index in [0.29, 0.717) is 159 Å². The van der Waals surface area contributed by atoms with E-state index in [9.17, 15) is 9.59 Å². The van der Waals surface area contributed by atoms with E-state index in [1.807, 2.05) is 97.1 Å². The first-order chi connectivity index (χ1) is 43.1. The molecule has 0 saturated heterocycles. The summed E-state index contributed by atoms with van der Waals surface area (Å²) in [7, 11) is 0. The molecule has 9 aromatic rings. The number of carbonyl (C=O) groups is 2. The molecule has 16 rings (SSSR count). The molecule has 0 unspecified atom stereocenters. The topological polar surface area (TPSA) is 162 Å². The van der Waals surface area contributed by atoms with Gasteiger partial charge in [-0.05, 0) is 143 Å². The van der Waals surface area contributed by atoms with Crippen LogP contribution in [0.3, 0.4) is 0 Å². The Morgan fingerprint density at radius 1 is 0.315 bits per heavy atom. The summed E-state index contributed by atoms with van der Waals surface area (Å²) in [6, 6.07) is 43.8. The van der Waals surface area contributed by atoms with E-state index >= 15 is 0 Å². The first-order valence-electron chi connectivity index (χ1n) is 28.5. The molecule has 6 aromatic carbocycles. The van der Waals surface area contributed by atoms with Crippen LogP contribution in [-0.2, 0) is 38.4 Å². The second-order valence-electron chi connectivity index (χ2n) is 20.5. The molecule has 14 nitrogen and oxygen atoms in total. The number of ketones is 2. The Labute approximate surface area is 545 Å². The summed E-state index contributed by atoms with van der Waals surface area (Å²) in [5, 5.41) is 1.68. The van der Waals surface area contributed by atoms with Gasteiger partial charge in [0.1, 0.15) is 49.4 Å². The molecular weight excluding hydrogens is 1260 g/mol. The summed E-state index contributed by atoms with van der Waals surface area (Å²) in [5.41, 5.74) is 11.2. The number of benzene rings is 6. The van der Waals surface area contributed by atoms with Gasteiger partial charge in [0.15, 0.2) is 11.6 Å². The van der Waals surface area contributed by atoms with Crippen molar-refractivity contribution in [3.05, 3.63) is 211 Å². The van der Waals surface area contributed by atoms with Gasteiger partial charge in [0, 0.05) is 53.5 Å². The number of rotatable bonds is 2. The van der Waals surface area contributed by atoms with Crippen molar-refractivity contribution in [3.63, 3.8) is 0 Å². The van der Waals surface area contributed by atoms with Gasteiger partial charge in [-0.1, -0.05) is 107 Å². The van der Waals surface area contributed by atoms with E-state index in [-0.39, 0.29) is 95.0 Å². The maximum absolute atomic E-state index is 13.7. The summed E-state index contributed by atoms with van der Waals surface area (Å²) < 4.78 is 47.9. The summed E-state index contributed by atoms with van der Waals surface area (Å²) in [5.74, 6) is 1.53. The molecule has 442 valence electrons. The Balaban J connectivity index is 0.00000769. The number of nitrogens with zero attached hydrogens (tertiary/aromatic N) is 4. The quantitative estimate of drug-likeness (QED) is 0.150. The van der Waals surface area contributed by atoms with Crippen LogP contribution < -0.4 is 28.9 Å². The summed E-state index contributed by atoms with van der Waals surface area (Å²) in [6.45, 7) is 3.25. The van der Waals surface area contributed by atoms with Crippen molar-refractivity contribution in [1.29, 1.82) is 0 Å². The van der Waals surface area contributed by atoms with Crippen molar-refractivity contribution in [2.75, 3.05) is 79.3 Å². The molecule has 3 aromatic heterocycles. The fourth-order valence-electron chi connectivity index (χ4n) is 11.0. The molecule has 20 bridgehead atoms. The number of ether oxygens (including phenoxy) is 8. The Morgan fingerprint density at radius 3 is 0.978 bits per heavy atom. The van der Waals surface area contributed by atoms with Gasteiger partial charge in [0.2, 0.25) is 0 Å². The van der Waals surface area contributed by atoms with Crippen LogP contribution in [0.25, 0.3) is 90.9 Å².